The van der Waals surface area contributed by atoms with Gasteiger partial charge in [-0.3, -0.25) is 0 Å². The molecule has 0 spiro atoms. The van der Waals surface area contributed by atoms with Gasteiger partial charge in [-0.15, -0.1) is 0 Å². The van der Waals surface area contributed by atoms with Crippen molar-refractivity contribution in [2.24, 2.45) is 5.92 Å². The molecule has 19 heavy (non-hydrogen) atoms. The maximum atomic E-state index is 8.94. The van der Waals surface area contributed by atoms with E-state index in [-0.39, 0.29) is 6.61 Å². The molecule has 1 aromatic rings. The first kappa shape index (κ1) is 16.0. The second-order valence-corrected chi connectivity index (χ2v) is 5.10. The van der Waals surface area contributed by atoms with Gasteiger partial charge in [-0.1, -0.05) is 26.0 Å². The van der Waals surface area contributed by atoms with Crippen molar-refractivity contribution in [2.75, 3.05) is 19.8 Å². The molecular formula is C16H27NO2. The predicted octanol–water partition coefficient (Wildman–Crippen LogP) is 2.97. The van der Waals surface area contributed by atoms with E-state index in [1.807, 2.05) is 12.1 Å². The van der Waals surface area contributed by atoms with Crippen LogP contribution in [0.2, 0.25) is 0 Å². The third kappa shape index (κ3) is 7.19. The van der Waals surface area contributed by atoms with Gasteiger partial charge in [0.2, 0.25) is 0 Å². The smallest absolute Gasteiger partial charge is 0.119 e. The first-order valence-electron chi connectivity index (χ1n) is 7.29. The number of nitrogens with one attached hydrogen (secondary N) is 1. The molecule has 3 heteroatoms. The van der Waals surface area contributed by atoms with E-state index in [0.29, 0.717) is 5.92 Å². The highest BCUT2D eigenvalue weighted by atomic mass is 16.5. The molecule has 0 amide bonds. The molecule has 0 bridgehead atoms. The molecule has 1 rings (SSSR count). The van der Waals surface area contributed by atoms with Crippen LogP contribution in [-0.2, 0) is 6.54 Å². The van der Waals surface area contributed by atoms with Crippen molar-refractivity contribution < 1.29 is 9.84 Å². The average Bonchev–Trinajstić information content (AvgIpc) is 2.45. The quantitative estimate of drug-likeness (QED) is 0.639. The minimum atomic E-state index is 0.289. The van der Waals surface area contributed by atoms with Crippen LogP contribution in [0.4, 0.5) is 0 Å². The van der Waals surface area contributed by atoms with E-state index in [2.05, 4.69) is 31.3 Å². The van der Waals surface area contributed by atoms with Crippen LogP contribution >= 0.6 is 0 Å². The maximum absolute atomic E-state index is 8.94. The molecule has 0 aromatic heterocycles. The van der Waals surface area contributed by atoms with Crippen LogP contribution < -0.4 is 10.1 Å². The SMILES string of the molecule is CCCOc1cccc(CNCCCC(C)CO)c1. The third-order valence-electron chi connectivity index (χ3n) is 3.06. The standard InChI is InChI=1S/C16H27NO2/c1-3-10-19-16-8-4-7-15(11-16)12-17-9-5-6-14(2)13-18/h4,7-8,11,14,17-18H,3,5-6,9-10,12-13H2,1-2H3. The number of rotatable bonds is 10. The fraction of sp³-hybridized carbons (Fsp3) is 0.625. The average molecular weight is 265 g/mol. The molecule has 108 valence electrons. The van der Waals surface area contributed by atoms with Crippen molar-refractivity contribution in [2.45, 2.75) is 39.7 Å². The third-order valence-corrected chi connectivity index (χ3v) is 3.06. The van der Waals surface area contributed by atoms with E-state index >= 15 is 0 Å². The highest BCUT2D eigenvalue weighted by Gasteiger charge is 2.00. The van der Waals surface area contributed by atoms with Gasteiger partial charge in [-0.05, 0) is 49.4 Å². The summed E-state index contributed by atoms with van der Waals surface area (Å²) >= 11 is 0. The van der Waals surface area contributed by atoms with Crippen molar-refractivity contribution in [1.29, 1.82) is 0 Å². The second-order valence-electron chi connectivity index (χ2n) is 5.10. The van der Waals surface area contributed by atoms with Crippen molar-refractivity contribution >= 4 is 0 Å². The Morgan fingerprint density at radius 1 is 1.37 bits per heavy atom. The summed E-state index contributed by atoms with van der Waals surface area (Å²) in [6, 6.07) is 8.25. The zero-order chi connectivity index (χ0) is 13.9. The molecule has 3 nitrogen and oxygen atoms in total. The fourth-order valence-electron chi connectivity index (χ4n) is 1.86. The number of hydrogen-bond donors (Lipinski definition) is 2. The molecule has 0 aliphatic rings. The number of aliphatic hydroxyl groups is 1. The molecule has 1 aromatic carbocycles. The van der Waals surface area contributed by atoms with Crippen LogP contribution in [0.15, 0.2) is 24.3 Å². The van der Waals surface area contributed by atoms with Gasteiger partial charge < -0.3 is 15.2 Å². The topological polar surface area (TPSA) is 41.5 Å². The monoisotopic (exact) mass is 265 g/mol. The molecule has 0 radical (unpaired) electrons. The molecular weight excluding hydrogens is 238 g/mol. The fourth-order valence-corrected chi connectivity index (χ4v) is 1.86. The van der Waals surface area contributed by atoms with E-state index in [9.17, 15) is 0 Å². The summed E-state index contributed by atoms with van der Waals surface area (Å²) in [5, 5.41) is 12.4. The lowest BCUT2D eigenvalue weighted by Gasteiger charge is -2.09. The lowest BCUT2D eigenvalue weighted by molar-refractivity contribution is 0.228. The molecule has 0 heterocycles. The number of benzene rings is 1. The van der Waals surface area contributed by atoms with Crippen molar-refractivity contribution in [1.82, 2.24) is 5.32 Å². The van der Waals surface area contributed by atoms with Gasteiger partial charge in [0.1, 0.15) is 5.75 Å². The highest BCUT2D eigenvalue weighted by Crippen LogP contribution is 2.13. The summed E-state index contributed by atoms with van der Waals surface area (Å²) in [7, 11) is 0. The summed E-state index contributed by atoms with van der Waals surface area (Å²) in [5.41, 5.74) is 1.25. The summed E-state index contributed by atoms with van der Waals surface area (Å²) in [4.78, 5) is 0. The Bertz CT molecular complexity index is 341. The minimum Gasteiger partial charge on any atom is -0.494 e. The molecule has 0 aliphatic carbocycles. The van der Waals surface area contributed by atoms with Gasteiger partial charge in [0.05, 0.1) is 6.61 Å². The highest BCUT2D eigenvalue weighted by molar-refractivity contribution is 5.28. The van der Waals surface area contributed by atoms with Crippen LogP contribution in [0.1, 0.15) is 38.7 Å². The molecule has 0 saturated heterocycles. The van der Waals surface area contributed by atoms with Crippen molar-refractivity contribution in [3.63, 3.8) is 0 Å². The Balaban J connectivity index is 2.21. The van der Waals surface area contributed by atoms with Gasteiger partial charge in [0, 0.05) is 13.2 Å². The van der Waals surface area contributed by atoms with Crippen LogP contribution in [-0.4, -0.2) is 24.9 Å². The van der Waals surface area contributed by atoms with E-state index < -0.39 is 0 Å². The Kier molecular flexibility index (Phi) is 8.26. The van der Waals surface area contributed by atoms with E-state index in [0.717, 1.165) is 44.7 Å². The van der Waals surface area contributed by atoms with Gasteiger partial charge in [-0.25, -0.2) is 0 Å². The van der Waals surface area contributed by atoms with Crippen molar-refractivity contribution in [3.05, 3.63) is 29.8 Å². The Labute approximate surface area is 117 Å². The van der Waals surface area contributed by atoms with Crippen LogP contribution in [0.5, 0.6) is 5.75 Å². The molecule has 0 saturated carbocycles. The lowest BCUT2D eigenvalue weighted by Crippen LogP contribution is -2.16. The number of hydrogen-bond acceptors (Lipinski definition) is 3. The van der Waals surface area contributed by atoms with E-state index in [4.69, 9.17) is 9.84 Å². The predicted molar refractivity (Wildman–Crippen MR) is 79.4 cm³/mol. The molecule has 2 N–H and O–H groups in total. The zero-order valence-electron chi connectivity index (χ0n) is 12.2. The lowest BCUT2D eigenvalue weighted by atomic mass is 10.1. The maximum Gasteiger partial charge on any atom is 0.119 e. The second kappa shape index (κ2) is 9.82. The van der Waals surface area contributed by atoms with Gasteiger partial charge in [0.25, 0.3) is 0 Å². The molecule has 0 aliphatic heterocycles. The number of ether oxygens (including phenoxy) is 1. The zero-order valence-corrected chi connectivity index (χ0v) is 12.2. The van der Waals surface area contributed by atoms with Crippen molar-refractivity contribution in [3.8, 4) is 5.75 Å². The normalized spacial score (nSPS) is 12.4. The summed E-state index contributed by atoms with van der Waals surface area (Å²) in [5.74, 6) is 1.36. The Hall–Kier alpha value is -1.06. The molecule has 1 atom stereocenters. The summed E-state index contributed by atoms with van der Waals surface area (Å²) < 4.78 is 5.61. The first-order chi connectivity index (χ1) is 9.26. The van der Waals surface area contributed by atoms with Crippen LogP contribution in [0.25, 0.3) is 0 Å². The van der Waals surface area contributed by atoms with Gasteiger partial charge in [0.15, 0.2) is 0 Å². The largest absolute Gasteiger partial charge is 0.494 e. The summed E-state index contributed by atoms with van der Waals surface area (Å²) in [6.07, 6.45) is 3.21. The summed E-state index contributed by atoms with van der Waals surface area (Å²) in [6.45, 7) is 7.11. The van der Waals surface area contributed by atoms with Gasteiger partial charge >= 0.3 is 0 Å². The van der Waals surface area contributed by atoms with Crippen LogP contribution in [0, 0.1) is 5.92 Å². The number of aliphatic hydroxyl groups excluding tert-OH is 1. The molecule has 1 unspecified atom stereocenters. The van der Waals surface area contributed by atoms with E-state index in [1.54, 1.807) is 0 Å². The Morgan fingerprint density at radius 2 is 2.21 bits per heavy atom. The van der Waals surface area contributed by atoms with Crippen LogP contribution in [0.3, 0.4) is 0 Å². The van der Waals surface area contributed by atoms with E-state index in [1.165, 1.54) is 5.56 Å². The first-order valence-corrected chi connectivity index (χ1v) is 7.29. The Morgan fingerprint density at radius 3 is 2.95 bits per heavy atom. The minimum absolute atomic E-state index is 0.289. The molecule has 0 fully saturated rings. The van der Waals surface area contributed by atoms with Gasteiger partial charge in [-0.2, -0.15) is 0 Å².